The summed E-state index contributed by atoms with van der Waals surface area (Å²) in [6.45, 7) is 6.30. The van der Waals surface area contributed by atoms with Crippen LogP contribution in [-0.4, -0.2) is 41.2 Å². The third kappa shape index (κ3) is 4.83. The van der Waals surface area contributed by atoms with E-state index >= 15 is 0 Å². The van der Waals surface area contributed by atoms with Crippen molar-refractivity contribution in [3.8, 4) is 0 Å². The van der Waals surface area contributed by atoms with E-state index in [0.29, 0.717) is 48.4 Å². The minimum absolute atomic E-state index is 0.0629. The Morgan fingerprint density at radius 3 is 2.50 bits per heavy atom. The Morgan fingerprint density at radius 2 is 1.84 bits per heavy atom. The molecule has 0 aromatic heterocycles. The Hall–Kier alpha value is -2.19. The molecular formula is C29H34Cl2FN3O3. The second-order valence-electron chi connectivity index (χ2n) is 12.1. The van der Waals surface area contributed by atoms with Crippen LogP contribution in [0.2, 0.25) is 10.0 Å². The van der Waals surface area contributed by atoms with E-state index in [0.717, 1.165) is 5.56 Å². The molecule has 0 unspecified atom stereocenters. The maximum absolute atomic E-state index is 14.3. The number of nitrogens with one attached hydrogen (secondary N) is 3. The van der Waals surface area contributed by atoms with Crippen molar-refractivity contribution in [1.82, 2.24) is 10.6 Å². The van der Waals surface area contributed by atoms with Crippen LogP contribution < -0.4 is 16.0 Å². The van der Waals surface area contributed by atoms with Crippen molar-refractivity contribution in [2.45, 2.75) is 88.4 Å². The molecule has 1 aliphatic carbocycles. The number of carbonyl (C=O) groups is 2. The maximum atomic E-state index is 14.3. The number of hydrogen-bond donors (Lipinski definition) is 4. The van der Waals surface area contributed by atoms with Gasteiger partial charge in [0.15, 0.2) is 0 Å². The molecule has 38 heavy (non-hydrogen) atoms. The van der Waals surface area contributed by atoms with Gasteiger partial charge in [-0.1, -0.05) is 56.1 Å². The van der Waals surface area contributed by atoms with Crippen LogP contribution in [0.5, 0.6) is 0 Å². The van der Waals surface area contributed by atoms with Crippen LogP contribution in [0.3, 0.4) is 0 Å². The number of benzene rings is 2. The van der Waals surface area contributed by atoms with Crippen molar-refractivity contribution in [3.63, 3.8) is 0 Å². The number of fused-ring (bicyclic) bond motifs is 2. The molecule has 9 heteroatoms. The lowest BCUT2D eigenvalue weighted by atomic mass is 9.62. The van der Waals surface area contributed by atoms with Gasteiger partial charge in [-0.15, -0.1) is 0 Å². The SMILES string of the molecule is CC(C)(C)C[C@H]1N[C@@H](C(=O)N[C@H]2CC[C@H](O)CC2)[C@H](c2ccc(F)c(Cl)c2)[C@@]12C(=O)Nc1cc(Cl)ccc12. The van der Waals surface area contributed by atoms with Crippen molar-refractivity contribution in [3.05, 3.63) is 63.4 Å². The maximum Gasteiger partial charge on any atom is 0.238 e. The van der Waals surface area contributed by atoms with E-state index in [2.05, 4.69) is 36.7 Å². The zero-order valence-electron chi connectivity index (χ0n) is 21.8. The van der Waals surface area contributed by atoms with Crippen LogP contribution in [0.1, 0.15) is 69.9 Å². The number of halogens is 3. The second kappa shape index (κ2) is 10.1. The van der Waals surface area contributed by atoms with Crippen LogP contribution in [0.4, 0.5) is 10.1 Å². The molecule has 1 saturated carbocycles. The molecule has 2 aliphatic heterocycles. The number of aliphatic hydroxyl groups excluding tert-OH is 1. The van der Waals surface area contributed by atoms with Gasteiger partial charge < -0.3 is 21.1 Å². The van der Waals surface area contributed by atoms with Crippen LogP contribution >= 0.6 is 23.2 Å². The monoisotopic (exact) mass is 561 g/mol. The average Bonchev–Trinajstić information content (AvgIpc) is 3.31. The third-order valence-corrected chi connectivity index (χ3v) is 8.78. The summed E-state index contributed by atoms with van der Waals surface area (Å²) in [4.78, 5) is 28.1. The molecule has 2 heterocycles. The normalized spacial score (nSPS) is 30.8. The molecule has 5 rings (SSSR count). The summed E-state index contributed by atoms with van der Waals surface area (Å²) in [6.07, 6.45) is 2.90. The molecule has 2 fully saturated rings. The summed E-state index contributed by atoms with van der Waals surface area (Å²) < 4.78 is 14.3. The van der Waals surface area contributed by atoms with Crippen molar-refractivity contribution in [1.29, 1.82) is 0 Å². The largest absolute Gasteiger partial charge is 0.393 e. The van der Waals surface area contributed by atoms with E-state index in [1.165, 1.54) is 12.1 Å². The molecule has 4 N–H and O–H groups in total. The first-order chi connectivity index (χ1) is 17.9. The summed E-state index contributed by atoms with van der Waals surface area (Å²) in [6, 6.07) is 8.54. The van der Waals surface area contributed by atoms with Gasteiger partial charge >= 0.3 is 0 Å². The Labute approximate surface area is 232 Å². The average molecular weight is 563 g/mol. The topological polar surface area (TPSA) is 90.5 Å². The fourth-order valence-electron chi connectivity index (χ4n) is 6.64. The predicted octanol–water partition coefficient (Wildman–Crippen LogP) is 5.30. The van der Waals surface area contributed by atoms with E-state index in [1.807, 2.05) is 6.07 Å². The standard InChI is InChI=1S/C29H34Cl2FN3O3/c1-28(2,3)14-23-29(19-10-5-16(30)13-22(19)34-27(29)38)24(15-4-11-21(32)20(31)12-15)25(35-23)26(37)33-17-6-8-18(36)9-7-17/h4-5,10-13,17-18,23-25,35-36H,6-9,14H2,1-3H3,(H,33,37)(H,34,38)/t17-,18-,23-,24+,25-,29+/m1/s1. The molecule has 3 aliphatic rings. The lowest BCUT2D eigenvalue weighted by Crippen LogP contribution is -2.49. The number of anilines is 1. The Morgan fingerprint density at radius 1 is 1.13 bits per heavy atom. The zero-order chi connectivity index (χ0) is 27.4. The van der Waals surface area contributed by atoms with Gasteiger partial charge in [-0.3, -0.25) is 9.59 Å². The second-order valence-corrected chi connectivity index (χ2v) is 13.0. The van der Waals surface area contributed by atoms with Gasteiger partial charge in [0.05, 0.1) is 17.2 Å². The summed E-state index contributed by atoms with van der Waals surface area (Å²) in [5.41, 5.74) is 0.658. The molecule has 0 bridgehead atoms. The van der Waals surface area contributed by atoms with Crippen LogP contribution in [0.15, 0.2) is 36.4 Å². The third-order valence-electron chi connectivity index (χ3n) is 8.25. The number of hydrogen-bond acceptors (Lipinski definition) is 4. The van der Waals surface area contributed by atoms with Gasteiger partial charge in [-0.05, 0) is 72.9 Å². The van der Waals surface area contributed by atoms with E-state index in [9.17, 15) is 19.1 Å². The number of amides is 2. The van der Waals surface area contributed by atoms with Crippen LogP contribution in [0.25, 0.3) is 0 Å². The van der Waals surface area contributed by atoms with Gasteiger partial charge in [0, 0.05) is 28.7 Å². The summed E-state index contributed by atoms with van der Waals surface area (Å²) >= 11 is 12.5. The van der Waals surface area contributed by atoms with E-state index in [-0.39, 0.29) is 34.4 Å². The first kappa shape index (κ1) is 27.4. The predicted molar refractivity (Wildman–Crippen MR) is 147 cm³/mol. The molecule has 4 atom stereocenters. The van der Waals surface area contributed by atoms with Crippen LogP contribution in [0, 0.1) is 11.2 Å². The van der Waals surface area contributed by atoms with E-state index in [4.69, 9.17) is 23.2 Å². The highest BCUT2D eigenvalue weighted by atomic mass is 35.5. The highest BCUT2D eigenvalue weighted by Gasteiger charge is 2.65. The van der Waals surface area contributed by atoms with Crippen molar-refractivity contribution >= 4 is 40.7 Å². The van der Waals surface area contributed by atoms with E-state index in [1.54, 1.807) is 18.2 Å². The lowest BCUT2D eigenvalue weighted by Gasteiger charge is -2.37. The van der Waals surface area contributed by atoms with Crippen LogP contribution in [-0.2, 0) is 15.0 Å². The summed E-state index contributed by atoms with van der Waals surface area (Å²) in [5.74, 6) is -1.67. The quantitative estimate of drug-likeness (QED) is 0.407. The molecule has 204 valence electrons. The fraction of sp³-hybridized carbons (Fsp3) is 0.517. The van der Waals surface area contributed by atoms with Gasteiger partial charge in [-0.25, -0.2) is 4.39 Å². The number of rotatable bonds is 4. The summed E-state index contributed by atoms with van der Waals surface area (Å²) in [7, 11) is 0. The first-order valence-electron chi connectivity index (χ1n) is 13.2. The minimum atomic E-state index is -1.15. The molecule has 2 amide bonds. The van der Waals surface area contributed by atoms with Crippen molar-refractivity contribution in [2.75, 3.05) is 5.32 Å². The number of carbonyl (C=O) groups excluding carboxylic acids is 2. The number of aliphatic hydroxyl groups is 1. The van der Waals surface area contributed by atoms with E-state index < -0.39 is 29.2 Å². The molecule has 1 saturated heterocycles. The molecule has 2 aromatic carbocycles. The Bertz CT molecular complexity index is 1260. The molecule has 0 radical (unpaired) electrons. The zero-order valence-corrected chi connectivity index (χ0v) is 23.3. The smallest absolute Gasteiger partial charge is 0.238 e. The first-order valence-corrected chi connectivity index (χ1v) is 14.0. The molecule has 6 nitrogen and oxygen atoms in total. The molecular weight excluding hydrogens is 528 g/mol. The highest BCUT2D eigenvalue weighted by Crippen LogP contribution is 2.56. The van der Waals surface area contributed by atoms with Crippen molar-refractivity contribution in [2.24, 2.45) is 5.41 Å². The molecule has 1 spiro atoms. The van der Waals surface area contributed by atoms with Gasteiger partial charge in [0.2, 0.25) is 11.8 Å². The highest BCUT2D eigenvalue weighted by molar-refractivity contribution is 6.31. The Balaban J connectivity index is 1.65. The minimum Gasteiger partial charge on any atom is -0.393 e. The summed E-state index contributed by atoms with van der Waals surface area (Å²) in [5, 5.41) is 20.1. The van der Waals surface area contributed by atoms with Gasteiger partial charge in [0.1, 0.15) is 11.2 Å². The lowest BCUT2D eigenvalue weighted by molar-refractivity contribution is -0.124. The Kier molecular flexibility index (Phi) is 7.27. The molecule has 2 aromatic rings. The fourth-order valence-corrected chi connectivity index (χ4v) is 7.00. The van der Waals surface area contributed by atoms with Gasteiger partial charge in [-0.2, -0.15) is 0 Å². The van der Waals surface area contributed by atoms with Crippen molar-refractivity contribution < 1.29 is 19.1 Å². The van der Waals surface area contributed by atoms with Gasteiger partial charge in [0.25, 0.3) is 0 Å².